The van der Waals surface area contributed by atoms with Crippen molar-refractivity contribution in [2.24, 2.45) is 0 Å². The molecule has 0 aliphatic carbocycles. The lowest BCUT2D eigenvalue weighted by atomic mass is 10.0. The summed E-state index contributed by atoms with van der Waals surface area (Å²) in [4.78, 5) is 0. The Balaban J connectivity index is 2.71. The Morgan fingerprint density at radius 3 is 2.56 bits per heavy atom. The molecule has 0 saturated heterocycles. The molecule has 0 aromatic heterocycles. The minimum absolute atomic E-state index is 0.116. The summed E-state index contributed by atoms with van der Waals surface area (Å²) >= 11 is 0. The summed E-state index contributed by atoms with van der Waals surface area (Å²) in [5, 5.41) is 12.0. The Hall–Kier alpha value is -1.20. The lowest BCUT2D eigenvalue weighted by Gasteiger charge is -2.21. The molecule has 2 atom stereocenters. The number of rotatable bonds is 7. The highest BCUT2D eigenvalue weighted by molar-refractivity contribution is 5.35. The lowest BCUT2D eigenvalue weighted by Crippen LogP contribution is -2.34. The van der Waals surface area contributed by atoms with Gasteiger partial charge in [-0.2, -0.15) is 0 Å². The van der Waals surface area contributed by atoms with Crippen molar-refractivity contribution >= 4 is 0 Å². The van der Waals surface area contributed by atoms with Gasteiger partial charge in [-0.1, -0.05) is 25.1 Å². The monoisotopic (exact) mass is 259 g/mol. The first-order valence-electron chi connectivity index (χ1n) is 5.92. The number of benzene rings is 1. The highest BCUT2D eigenvalue weighted by atomic mass is 19.3. The third kappa shape index (κ3) is 3.92. The van der Waals surface area contributed by atoms with Crippen LogP contribution in [-0.4, -0.2) is 31.3 Å². The second-order valence-electron chi connectivity index (χ2n) is 4.01. The van der Waals surface area contributed by atoms with Crippen molar-refractivity contribution in [1.29, 1.82) is 0 Å². The maximum atomic E-state index is 12.2. The summed E-state index contributed by atoms with van der Waals surface area (Å²) in [7, 11) is 1.57. The molecular weight excluding hydrogens is 240 g/mol. The summed E-state index contributed by atoms with van der Waals surface area (Å²) in [5.74, 6) is 0.711. The molecule has 1 aromatic carbocycles. The molecule has 1 rings (SSSR count). The molecule has 102 valence electrons. The van der Waals surface area contributed by atoms with E-state index in [1.807, 2.05) is 31.2 Å². The van der Waals surface area contributed by atoms with Crippen molar-refractivity contribution in [2.45, 2.75) is 31.9 Å². The number of aliphatic hydroxyl groups is 1. The predicted octanol–water partition coefficient (Wildman–Crippen LogP) is 2.36. The van der Waals surface area contributed by atoms with Crippen LogP contribution in [0.25, 0.3) is 0 Å². The number of para-hydroxylation sites is 1. The molecule has 3 nitrogen and oxygen atoms in total. The van der Waals surface area contributed by atoms with E-state index in [9.17, 15) is 8.78 Å². The standard InChI is InChI=1S/C13H19F2NO2/c1-3-10(16-8-11(17)13(14)15)9-6-4-5-7-12(9)18-2/h4-7,10-11,13,16-17H,3,8H2,1-2H3. The molecule has 2 N–H and O–H groups in total. The van der Waals surface area contributed by atoms with Crippen LogP contribution in [0, 0.1) is 0 Å². The quantitative estimate of drug-likeness (QED) is 0.790. The van der Waals surface area contributed by atoms with E-state index >= 15 is 0 Å². The largest absolute Gasteiger partial charge is 0.496 e. The lowest BCUT2D eigenvalue weighted by molar-refractivity contribution is -0.00474. The van der Waals surface area contributed by atoms with Crippen LogP contribution in [-0.2, 0) is 0 Å². The molecule has 2 unspecified atom stereocenters. The van der Waals surface area contributed by atoms with Gasteiger partial charge in [-0.05, 0) is 12.5 Å². The zero-order valence-electron chi connectivity index (χ0n) is 10.6. The minimum Gasteiger partial charge on any atom is -0.496 e. The van der Waals surface area contributed by atoms with Gasteiger partial charge in [0.1, 0.15) is 11.9 Å². The van der Waals surface area contributed by atoms with E-state index in [0.717, 1.165) is 12.0 Å². The van der Waals surface area contributed by atoms with Gasteiger partial charge in [-0.15, -0.1) is 0 Å². The molecule has 0 amide bonds. The van der Waals surface area contributed by atoms with Gasteiger partial charge >= 0.3 is 0 Å². The van der Waals surface area contributed by atoms with Gasteiger partial charge in [0.05, 0.1) is 7.11 Å². The van der Waals surface area contributed by atoms with Crippen molar-refractivity contribution < 1.29 is 18.6 Å². The van der Waals surface area contributed by atoms with Gasteiger partial charge < -0.3 is 15.2 Å². The minimum atomic E-state index is -2.73. The molecule has 0 saturated carbocycles. The molecule has 0 spiro atoms. The smallest absolute Gasteiger partial charge is 0.265 e. The average molecular weight is 259 g/mol. The third-order valence-corrected chi connectivity index (χ3v) is 2.79. The normalized spacial score (nSPS) is 14.6. The van der Waals surface area contributed by atoms with Gasteiger partial charge in [-0.3, -0.25) is 0 Å². The van der Waals surface area contributed by atoms with Crippen LogP contribution in [0.3, 0.4) is 0 Å². The molecule has 0 bridgehead atoms. The van der Waals surface area contributed by atoms with Gasteiger partial charge in [0.15, 0.2) is 0 Å². The Morgan fingerprint density at radius 2 is 2.00 bits per heavy atom. The van der Waals surface area contributed by atoms with Crippen LogP contribution in [0.5, 0.6) is 5.75 Å². The Kier molecular flexibility index (Phi) is 6.01. The summed E-state index contributed by atoms with van der Waals surface area (Å²) in [6.45, 7) is 1.80. The number of aliphatic hydroxyl groups excluding tert-OH is 1. The fourth-order valence-corrected chi connectivity index (χ4v) is 1.78. The molecule has 0 fully saturated rings. The SMILES string of the molecule is CCC(NCC(O)C(F)F)c1ccccc1OC. The summed E-state index contributed by atoms with van der Waals surface area (Å²) in [6.07, 6.45) is -3.66. The average Bonchev–Trinajstić information content (AvgIpc) is 2.39. The summed E-state index contributed by atoms with van der Waals surface area (Å²) < 4.78 is 29.7. The van der Waals surface area contributed by atoms with Crippen LogP contribution >= 0.6 is 0 Å². The molecule has 5 heteroatoms. The number of halogens is 2. The first kappa shape index (κ1) is 14.9. The van der Waals surface area contributed by atoms with Gasteiger partial charge in [0, 0.05) is 18.2 Å². The number of ether oxygens (including phenoxy) is 1. The number of nitrogens with one attached hydrogen (secondary N) is 1. The van der Waals surface area contributed by atoms with E-state index < -0.39 is 12.5 Å². The molecular formula is C13H19F2NO2. The van der Waals surface area contributed by atoms with Crippen LogP contribution < -0.4 is 10.1 Å². The zero-order valence-corrected chi connectivity index (χ0v) is 10.6. The Labute approximate surface area is 106 Å². The summed E-state index contributed by atoms with van der Waals surface area (Å²) in [6, 6.07) is 7.31. The van der Waals surface area contributed by atoms with Gasteiger partial charge in [-0.25, -0.2) is 8.78 Å². The van der Waals surface area contributed by atoms with E-state index in [1.54, 1.807) is 7.11 Å². The van der Waals surface area contributed by atoms with Crippen LogP contribution in [0.4, 0.5) is 8.78 Å². The fourth-order valence-electron chi connectivity index (χ4n) is 1.78. The van der Waals surface area contributed by atoms with Crippen molar-refractivity contribution in [2.75, 3.05) is 13.7 Å². The molecule has 0 aliphatic heterocycles. The fraction of sp³-hybridized carbons (Fsp3) is 0.538. The topological polar surface area (TPSA) is 41.5 Å². The number of alkyl halides is 2. The van der Waals surface area contributed by atoms with Crippen molar-refractivity contribution in [3.05, 3.63) is 29.8 Å². The van der Waals surface area contributed by atoms with Gasteiger partial charge in [0.2, 0.25) is 0 Å². The molecule has 0 aliphatic rings. The van der Waals surface area contributed by atoms with E-state index in [4.69, 9.17) is 9.84 Å². The van der Waals surface area contributed by atoms with Crippen molar-refractivity contribution in [1.82, 2.24) is 5.32 Å². The van der Waals surface area contributed by atoms with Crippen LogP contribution in [0.2, 0.25) is 0 Å². The third-order valence-electron chi connectivity index (χ3n) is 2.79. The maximum Gasteiger partial charge on any atom is 0.265 e. The number of hydrogen-bond donors (Lipinski definition) is 2. The first-order valence-corrected chi connectivity index (χ1v) is 5.92. The summed E-state index contributed by atoms with van der Waals surface area (Å²) in [5.41, 5.74) is 0.906. The van der Waals surface area contributed by atoms with E-state index in [-0.39, 0.29) is 12.6 Å². The van der Waals surface area contributed by atoms with Gasteiger partial charge in [0.25, 0.3) is 6.43 Å². The maximum absolute atomic E-state index is 12.2. The predicted molar refractivity (Wildman–Crippen MR) is 66.0 cm³/mol. The van der Waals surface area contributed by atoms with Crippen LogP contribution in [0.15, 0.2) is 24.3 Å². The second kappa shape index (κ2) is 7.28. The van der Waals surface area contributed by atoms with Crippen LogP contribution in [0.1, 0.15) is 24.9 Å². The van der Waals surface area contributed by atoms with Crippen molar-refractivity contribution in [3.63, 3.8) is 0 Å². The van der Waals surface area contributed by atoms with E-state index in [2.05, 4.69) is 5.32 Å². The molecule has 0 radical (unpaired) electrons. The second-order valence-corrected chi connectivity index (χ2v) is 4.01. The number of methoxy groups -OCH3 is 1. The van der Waals surface area contributed by atoms with E-state index in [1.165, 1.54) is 0 Å². The first-order chi connectivity index (χ1) is 8.60. The number of hydrogen-bond acceptors (Lipinski definition) is 3. The molecule has 0 heterocycles. The highest BCUT2D eigenvalue weighted by Gasteiger charge is 2.19. The molecule has 1 aromatic rings. The van der Waals surface area contributed by atoms with Crippen molar-refractivity contribution in [3.8, 4) is 5.75 Å². The Morgan fingerprint density at radius 1 is 1.33 bits per heavy atom. The highest BCUT2D eigenvalue weighted by Crippen LogP contribution is 2.26. The zero-order chi connectivity index (χ0) is 13.5. The Bertz CT molecular complexity index is 361. The van der Waals surface area contributed by atoms with E-state index in [0.29, 0.717) is 5.75 Å². The molecule has 18 heavy (non-hydrogen) atoms.